The third-order valence-corrected chi connectivity index (χ3v) is 4.76. The molecule has 5 nitrogen and oxygen atoms in total. The van der Waals surface area contributed by atoms with Crippen LogP contribution in [-0.2, 0) is 4.74 Å². The van der Waals surface area contributed by atoms with Crippen LogP contribution in [0.2, 0.25) is 0 Å². The molecule has 0 spiro atoms. The van der Waals surface area contributed by atoms with Gasteiger partial charge in [0.1, 0.15) is 0 Å². The predicted octanol–water partition coefficient (Wildman–Crippen LogP) is 1.55. The van der Waals surface area contributed by atoms with Crippen molar-refractivity contribution in [2.24, 2.45) is 0 Å². The van der Waals surface area contributed by atoms with Crippen LogP contribution in [0, 0.1) is 0 Å². The molecular weight excluding hydrogens is 278 g/mol. The van der Waals surface area contributed by atoms with E-state index >= 15 is 0 Å². The summed E-state index contributed by atoms with van der Waals surface area (Å²) in [6.07, 6.45) is 2.17. The number of nitrogens with zero attached hydrogens (tertiary/aromatic N) is 2. The molecule has 2 heterocycles. The van der Waals surface area contributed by atoms with Gasteiger partial charge in [0, 0.05) is 24.3 Å². The summed E-state index contributed by atoms with van der Waals surface area (Å²) in [7, 11) is 2.15. The van der Waals surface area contributed by atoms with E-state index in [4.69, 9.17) is 10.5 Å². The number of amides is 1. The molecule has 2 aliphatic rings. The van der Waals surface area contributed by atoms with E-state index in [-0.39, 0.29) is 5.91 Å². The zero-order valence-corrected chi connectivity index (χ0v) is 13.3. The number of piperidine rings is 1. The van der Waals surface area contributed by atoms with Crippen molar-refractivity contribution in [1.29, 1.82) is 0 Å². The van der Waals surface area contributed by atoms with Gasteiger partial charge in [-0.25, -0.2) is 0 Å². The van der Waals surface area contributed by atoms with Crippen LogP contribution in [0.25, 0.3) is 0 Å². The Balaban J connectivity index is 1.85. The second kappa shape index (κ2) is 6.67. The van der Waals surface area contributed by atoms with Gasteiger partial charge < -0.3 is 20.3 Å². The molecule has 3 rings (SSSR count). The highest BCUT2D eigenvalue weighted by Crippen LogP contribution is 2.32. The number of carbonyl (C=O) groups is 1. The number of likely N-dealkylation sites (tertiary alicyclic amines) is 1. The van der Waals surface area contributed by atoms with E-state index in [9.17, 15) is 4.79 Å². The van der Waals surface area contributed by atoms with Crippen LogP contribution in [0.5, 0.6) is 0 Å². The quantitative estimate of drug-likeness (QED) is 0.842. The van der Waals surface area contributed by atoms with Gasteiger partial charge in [-0.1, -0.05) is 0 Å². The van der Waals surface area contributed by atoms with Gasteiger partial charge in [-0.3, -0.25) is 4.79 Å². The van der Waals surface area contributed by atoms with E-state index in [0.29, 0.717) is 32.2 Å². The molecule has 1 aromatic carbocycles. The second-order valence-corrected chi connectivity index (χ2v) is 6.33. The molecule has 5 heteroatoms. The highest BCUT2D eigenvalue weighted by atomic mass is 16.5. The molecule has 0 aliphatic carbocycles. The summed E-state index contributed by atoms with van der Waals surface area (Å²) < 4.78 is 5.34. The van der Waals surface area contributed by atoms with Crippen LogP contribution in [0.1, 0.15) is 34.7 Å². The zero-order valence-electron chi connectivity index (χ0n) is 13.3. The maximum absolute atomic E-state index is 12.9. The summed E-state index contributed by atoms with van der Waals surface area (Å²) >= 11 is 0. The molecule has 120 valence electrons. The van der Waals surface area contributed by atoms with Gasteiger partial charge in [0.15, 0.2) is 0 Å². The average Bonchev–Trinajstić information content (AvgIpc) is 2.56. The first-order valence-electron chi connectivity index (χ1n) is 8.10. The first-order valence-corrected chi connectivity index (χ1v) is 8.10. The minimum Gasteiger partial charge on any atom is -0.399 e. The van der Waals surface area contributed by atoms with Crippen LogP contribution in [0.3, 0.4) is 0 Å². The fraction of sp³-hybridized carbons (Fsp3) is 0.588. The first-order chi connectivity index (χ1) is 10.6. The lowest BCUT2D eigenvalue weighted by Crippen LogP contribution is -2.41. The second-order valence-electron chi connectivity index (χ2n) is 6.33. The Morgan fingerprint density at radius 2 is 1.86 bits per heavy atom. The van der Waals surface area contributed by atoms with Gasteiger partial charge in [-0.2, -0.15) is 0 Å². The zero-order chi connectivity index (χ0) is 15.5. The number of ether oxygens (including phenoxy) is 1. The van der Waals surface area contributed by atoms with Gasteiger partial charge in [0.2, 0.25) is 0 Å². The van der Waals surface area contributed by atoms with Crippen LogP contribution in [0.15, 0.2) is 18.2 Å². The molecule has 0 unspecified atom stereocenters. The largest absolute Gasteiger partial charge is 0.399 e. The normalized spacial score (nSPS) is 21.0. The lowest BCUT2D eigenvalue weighted by atomic mass is 9.86. The third-order valence-electron chi connectivity index (χ3n) is 4.76. The number of anilines is 1. The summed E-state index contributed by atoms with van der Waals surface area (Å²) in [4.78, 5) is 17.1. The van der Waals surface area contributed by atoms with Crippen molar-refractivity contribution in [3.63, 3.8) is 0 Å². The molecule has 2 N–H and O–H groups in total. The number of nitrogens with two attached hydrogens (primary N) is 1. The Morgan fingerprint density at radius 1 is 1.18 bits per heavy atom. The van der Waals surface area contributed by atoms with Crippen LogP contribution < -0.4 is 5.73 Å². The molecule has 1 amide bonds. The maximum atomic E-state index is 12.9. The van der Waals surface area contributed by atoms with Crippen molar-refractivity contribution in [2.45, 2.75) is 18.8 Å². The van der Waals surface area contributed by atoms with Crippen LogP contribution >= 0.6 is 0 Å². The lowest BCUT2D eigenvalue weighted by molar-refractivity contribution is 0.0301. The number of hydrogen-bond donors (Lipinski definition) is 1. The van der Waals surface area contributed by atoms with Crippen molar-refractivity contribution in [3.05, 3.63) is 29.3 Å². The molecule has 22 heavy (non-hydrogen) atoms. The van der Waals surface area contributed by atoms with E-state index in [2.05, 4.69) is 11.9 Å². The Kier molecular flexibility index (Phi) is 4.64. The molecule has 0 radical (unpaired) electrons. The first kappa shape index (κ1) is 15.3. The van der Waals surface area contributed by atoms with Gasteiger partial charge in [0.05, 0.1) is 13.2 Å². The molecular formula is C17H25N3O2. The Morgan fingerprint density at radius 3 is 2.55 bits per heavy atom. The molecule has 0 atom stereocenters. The van der Waals surface area contributed by atoms with E-state index in [1.165, 1.54) is 0 Å². The lowest BCUT2D eigenvalue weighted by Gasteiger charge is -2.32. The number of morpholine rings is 1. The molecule has 0 aromatic heterocycles. The van der Waals surface area contributed by atoms with Crippen molar-refractivity contribution < 1.29 is 9.53 Å². The van der Waals surface area contributed by atoms with Gasteiger partial charge in [-0.05, 0) is 62.7 Å². The van der Waals surface area contributed by atoms with Crippen molar-refractivity contribution >= 4 is 11.6 Å². The van der Waals surface area contributed by atoms with E-state index < -0.39 is 0 Å². The highest BCUT2D eigenvalue weighted by Gasteiger charge is 2.26. The number of rotatable bonds is 2. The molecule has 0 bridgehead atoms. The molecule has 2 saturated heterocycles. The summed E-state index contributed by atoms with van der Waals surface area (Å²) in [6, 6.07) is 5.75. The summed E-state index contributed by atoms with van der Waals surface area (Å²) in [5.41, 5.74) is 8.68. The molecule has 1 aromatic rings. The van der Waals surface area contributed by atoms with Crippen molar-refractivity contribution in [2.75, 3.05) is 52.2 Å². The number of benzene rings is 1. The fourth-order valence-electron chi connectivity index (χ4n) is 3.37. The fourth-order valence-corrected chi connectivity index (χ4v) is 3.37. The van der Waals surface area contributed by atoms with Crippen molar-refractivity contribution in [1.82, 2.24) is 9.80 Å². The maximum Gasteiger partial charge on any atom is 0.254 e. The van der Waals surface area contributed by atoms with E-state index in [1.54, 1.807) is 0 Å². The van der Waals surface area contributed by atoms with E-state index in [0.717, 1.165) is 42.7 Å². The highest BCUT2D eigenvalue weighted by molar-refractivity contribution is 5.96. The Bertz CT molecular complexity index is 533. The third kappa shape index (κ3) is 3.25. The SMILES string of the molecule is CN1CCC(c2cc(N)ccc2C(=O)N2CCOCC2)CC1. The number of nitrogen functional groups attached to an aromatic ring is 1. The standard InChI is InChI=1S/C17H25N3O2/c1-19-6-4-13(5-7-19)16-12-14(18)2-3-15(16)17(21)20-8-10-22-11-9-20/h2-3,12-13H,4-11,18H2,1H3. The van der Waals surface area contributed by atoms with Crippen molar-refractivity contribution in [3.8, 4) is 0 Å². The topological polar surface area (TPSA) is 58.8 Å². The van der Waals surface area contributed by atoms with Gasteiger partial charge >= 0.3 is 0 Å². The van der Waals surface area contributed by atoms with Crippen LogP contribution in [0.4, 0.5) is 5.69 Å². The Labute approximate surface area is 132 Å². The smallest absolute Gasteiger partial charge is 0.254 e. The molecule has 0 saturated carbocycles. The van der Waals surface area contributed by atoms with Gasteiger partial charge in [0.25, 0.3) is 5.91 Å². The van der Waals surface area contributed by atoms with Crippen LogP contribution in [-0.4, -0.2) is 62.1 Å². The predicted molar refractivity (Wildman–Crippen MR) is 87.0 cm³/mol. The molecule has 2 fully saturated rings. The monoisotopic (exact) mass is 303 g/mol. The summed E-state index contributed by atoms with van der Waals surface area (Å²) in [5.74, 6) is 0.553. The molecule has 2 aliphatic heterocycles. The van der Waals surface area contributed by atoms with Gasteiger partial charge in [-0.15, -0.1) is 0 Å². The number of hydrogen-bond acceptors (Lipinski definition) is 4. The van der Waals surface area contributed by atoms with E-state index in [1.807, 2.05) is 23.1 Å². The minimum atomic E-state index is 0.122. The average molecular weight is 303 g/mol. The summed E-state index contributed by atoms with van der Waals surface area (Å²) in [6.45, 7) is 4.76. The Hall–Kier alpha value is -1.59. The summed E-state index contributed by atoms with van der Waals surface area (Å²) in [5, 5.41) is 0. The number of carbonyl (C=O) groups excluding carboxylic acids is 1. The minimum absolute atomic E-state index is 0.122.